The molecule has 1 nitrogen and oxygen atoms in total. The maximum absolute atomic E-state index is 14.9. The number of rotatable bonds is 11. The third kappa shape index (κ3) is 7.09. The predicted molar refractivity (Wildman–Crippen MR) is 129 cm³/mol. The molecule has 0 saturated heterocycles. The Morgan fingerprint density at radius 2 is 1.64 bits per heavy atom. The van der Waals surface area contributed by atoms with Gasteiger partial charge in [0.15, 0.2) is 0 Å². The first-order valence-corrected chi connectivity index (χ1v) is 12.8. The highest BCUT2D eigenvalue weighted by molar-refractivity contribution is 5.30. The van der Waals surface area contributed by atoms with Gasteiger partial charge in [-0.15, -0.1) is 0 Å². The van der Waals surface area contributed by atoms with Crippen molar-refractivity contribution in [3.05, 3.63) is 70.5 Å². The molecule has 2 aromatic rings. The average Bonchev–Trinajstić information content (AvgIpc) is 2.80. The van der Waals surface area contributed by atoms with Crippen LogP contribution in [0, 0.1) is 11.7 Å². The summed E-state index contributed by atoms with van der Waals surface area (Å²) >= 11 is 0. The fourth-order valence-corrected chi connectivity index (χ4v) is 5.10. The zero-order chi connectivity index (χ0) is 23.8. The molecular formula is C29H39F3O. The molecule has 0 radical (unpaired) electrons. The van der Waals surface area contributed by atoms with Gasteiger partial charge in [-0.1, -0.05) is 69.9 Å². The van der Waals surface area contributed by atoms with Gasteiger partial charge in [0.2, 0.25) is 0 Å². The Morgan fingerprint density at radius 3 is 2.24 bits per heavy atom. The van der Waals surface area contributed by atoms with Crippen LogP contribution in [0.5, 0.6) is 0 Å². The lowest BCUT2D eigenvalue weighted by atomic mass is 9.77. The molecule has 182 valence electrons. The number of alkyl halides is 2. The van der Waals surface area contributed by atoms with Crippen molar-refractivity contribution in [3.63, 3.8) is 0 Å². The van der Waals surface area contributed by atoms with E-state index in [1.165, 1.54) is 37.0 Å². The van der Waals surface area contributed by atoms with Gasteiger partial charge in [-0.25, -0.2) is 4.39 Å². The summed E-state index contributed by atoms with van der Waals surface area (Å²) in [5.74, 6) is 0.123. The fraction of sp³-hybridized carbons (Fsp3) is 0.586. The van der Waals surface area contributed by atoms with Crippen LogP contribution in [-0.2, 0) is 17.3 Å². The van der Waals surface area contributed by atoms with E-state index >= 15 is 0 Å². The molecule has 4 heteroatoms. The van der Waals surface area contributed by atoms with E-state index in [1.807, 2.05) is 24.3 Å². The van der Waals surface area contributed by atoms with Gasteiger partial charge >= 0.3 is 6.11 Å². The van der Waals surface area contributed by atoms with E-state index in [0.717, 1.165) is 56.4 Å². The van der Waals surface area contributed by atoms with Gasteiger partial charge in [-0.2, -0.15) is 8.78 Å². The second kappa shape index (κ2) is 12.1. The molecule has 1 aliphatic rings. The number of halogens is 3. The monoisotopic (exact) mass is 460 g/mol. The maximum Gasteiger partial charge on any atom is 0.386 e. The number of hydrogen-bond acceptors (Lipinski definition) is 1. The van der Waals surface area contributed by atoms with Crippen LogP contribution in [-0.4, -0.2) is 0 Å². The molecule has 0 amide bonds. The van der Waals surface area contributed by atoms with Crippen molar-refractivity contribution in [3.8, 4) is 0 Å². The van der Waals surface area contributed by atoms with E-state index in [2.05, 4.69) is 13.8 Å². The number of benzene rings is 2. The smallest absolute Gasteiger partial charge is 0.309 e. The Balaban J connectivity index is 1.62. The molecule has 0 spiro atoms. The zero-order valence-electron chi connectivity index (χ0n) is 20.4. The lowest BCUT2D eigenvalue weighted by molar-refractivity contribution is -0.273. The van der Waals surface area contributed by atoms with Crippen LogP contribution in [0.2, 0.25) is 0 Å². The van der Waals surface area contributed by atoms with Crippen LogP contribution in [0.15, 0.2) is 42.5 Å². The number of hydrogen-bond donors (Lipinski definition) is 0. The molecule has 0 aliphatic heterocycles. The minimum atomic E-state index is -3.69. The minimum Gasteiger partial charge on any atom is -0.309 e. The van der Waals surface area contributed by atoms with Gasteiger partial charge in [0.1, 0.15) is 5.82 Å². The summed E-state index contributed by atoms with van der Waals surface area (Å²) in [6.45, 7) is 5.95. The summed E-state index contributed by atoms with van der Waals surface area (Å²) in [5, 5.41) is 0. The molecule has 0 heterocycles. The first-order valence-electron chi connectivity index (χ1n) is 12.8. The summed E-state index contributed by atoms with van der Waals surface area (Å²) in [6, 6.07) is 11.8. The molecule has 0 aromatic heterocycles. The Labute approximate surface area is 197 Å². The van der Waals surface area contributed by atoms with Crippen molar-refractivity contribution in [2.75, 3.05) is 0 Å². The topological polar surface area (TPSA) is 9.23 Å². The van der Waals surface area contributed by atoms with Crippen molar-refractivity contribution in [1.29, 1.82) is 0 Å². The second-order valence-corrected chi connectivity index (χ2v) is 9.72. The Bertz CT molecular complexity index is 854. The Hall–Kier alpha value is -1.81. The minimum absolute atomic E-state index is 0.256. The van der Waals surface area contributed by atoms with Gasteiger partial charge in [-0.3, -0.25) is 0 Å². The Kier molecular flexibility index (Phi) is 9.43. The fourth-order valence-electron chi connectivity index (χ4n) is 5.10. The van der Waals surface area contributed by atoms with Gasteiger partial charge in [0, 0.05) is 0 Å². The van der Waals surface area contributed by atoms with Gasteiger partial charge < -0.3 is 4.74 Å². The molecule has 1 unspecified atom stereocenters. The molecular weight excluding hydrogens is 421 g/mol. The summed E-state index contributed by atoms with van der Waals surface area (Å²) in [6.07, 6.45) is 6.60. The quantitative estimate of drug-likeness (QED) is 0.303. The highest BCUT2D eigenvalue weighted by Crippen LogP contribution is 2.40. The van der Waals surface area contributed by atoms with Crippen LogP contribution in [0.1, 0.15) is 113 Å². The predicted octanol–water partition coefficient (Wildman–Crippen LogP) is 9.46. The lowest BCUT2D eigenvalue weighted by Gasteiger charge is -2.29. The van der Waals surface area contributed by atoms with E-state index in [-0.39, 0.29) is 5.92 Å². The van der Waals surface area contributed by atoms with Gasteiger partial charge in [0.05, 0.1) is 11.7 Å². The maximum atomic E-state index is 14.9. The number of aryl methyl sites for hydroxylation is 1. The van der Waals surface area contributed by atoms with Crippen LogP contribution in [0.4, 0.5) is 13.2 Å². The van der Waals surface area contributed by atoms with Crippen molar-refractivity contribution in [2.24, 2.45) is 5.92 Å². The first-order chi connectivity index (χ1) is 15.8. The number of ether oxygens (including phenoxy) is 1. The van der Waals surface area contributed by atoms with Gasteiger partial charge in [-0.05, 0) is 86.1 Å². The van der Waals surface area contributed by atoms with Crippen LogP contribution in [0.3, 0.4) is 0 Å². The standard InChI is InChI=1S/C29H39F3O/c1-4-6-7-9-23-10-14-24(15-11-23)21(3)33-29(31,32)27-19-18-26(20-28(27)30)25-16-12-22(8-5-2)13-17-25/h10-11,14-15,18-22,25H,4-9,12-13,16-17H2,1-3H3. The highest BCUT2D eigenvalue weighted by Gasteiger charge is 2.38. The van der Waals surface area contributed by atoms with Crippen LogP contribution in [0.25, 0.3) is 0 Å². The van der Waals surface area contributed by atoms with Gasteiger partial charge in [0.25, 0.3) is 0 Å². The van der Waals surface area contributed by atoms with Crippen molar-refractivity contribution in [2.45, 2.75) is 103 Å². The second-order valence-electron chi connectivity index (χ2n) is 9.72. The highest BCUT2D eigenvalue weighted by atomic mass is 19.3. The van der Waals surface area contributed by atoms with Crippen molar-refractivity contribution in [1.82, 2.24) is 0 Å². The van der Waals surface area contributed by atoms with E-state index in [9.17, 15) is 13.2 Å². The third-order valence-electron chi connectivity index (χ3n) is 7.16. The summed E-state index contributed by atoms with van der Waals surface area (Å²) in [4.78, 5) is 0. The zero-order valence-corrected chi connectivity index (χ0v) is 20.4. The van der Waals surface area contributed by atoms with Crippen molar-refractivity contribution < 1.29 is 17.9 Å². The molecule has 3 rings (SSSR count). The van der Waals surface area contributed by atoms with E-state index in [4.69, 9.17) is 4.74 Å². The molecule has 2 aromatic carbocycles. The Morgan fingerprint density at radius 1 is 0.939 bits per heavy atom. The molecule has 0 bridgehead atoms. The molecule has 1 saturated carbocycles. The largest absolute Gasteiger partial charge is 0.386 e. The van der Waals surface area contributed by atoms with Crippen LogP contribution < -0.4 is 0 Å². The summed E-state index contributed by atoms with van der Waals surface area (Å²) < 4.78 is 49.6. The summed E-state index contributed by atoms with van der Waals surface area (Å²) in [7, 11) is 0. The first kappa shape index (κ1) is 25.8. The number of unbranched alkanes of at least 4 members (excludes halogenated alkanes) is 2. The molecule has 1 atom stereocenters. The normalized spacial score (nSPS) is 20.1. The van der Waals surface area contributed by atoms with Crippen LogP contribution >= 0.6 is 0 Å². The third-order valence-corrected chi connectivity index (χ3v) is 7.16. The SMILES string of the molecule is CCCCCc1ccc(C(C)OC(F)(F)c2ccc(C3CCC(CCC)CC3)cc2F)cc1. The van der Waals surface area contributed by atoms with Crippen molar-refractivity contribution >= 4 is 0 Å². The molecule has 0 N–H and O–H groups in total. The van der Waals surface area contributed by atoms with E-state index < -0.39 is 23.6 Å². The lowest BCUT2D eigenvalue weighted by Crippen LogP contribution is -2.22. The summed E-state index contributed by atoms with van der Waals surface area (Å²) in [5.41, 5.74) is 1.99. The average molecular weight is 461 g/mol. The van der Waals surface area contributed by atoms with E-state index in [1.54, 1.807) is 13.0 Å². The van der Waals surface area contributed by atoms with E-state index in [0.29, 0.717) is 5.56 Å². The molecule has 1 aliphatic carbocycles. The molecule has 1 fully saturated rings. The molecule has 33 heavy (non-hydrogen) atoms.